The van der Waals surface area contributed by atoms with E-state index in [2.05, 4.69) is 15.2 Å². The Balaban J connectivity index is 1.50. The summed E-state index contributed by atoms with van der Waals surface area (Å²) in [6.45, 7) is 5.24. The zero-order chi connectivity index (χ0) is 18.1. The van der Waals surface area contributed by atoms with Crippen molar-refractivity contribution in [3.05, 3.63) is 59.8 Å². The quantitative estimate of drug-likeness (QED) is 0.716. The first-order valence-corrected chi connectivity index (χ1v) is 8.45. The van der Waals surface area contributed by atoms with Crippen LogP contribution in [0.5, 0.6) is 5.75 Å². The Bertz CT molecular complexity index is 918. The number of furan rings is 1. The van der Waals surface area contributed by atoms with E-state index in [0.717, 1.165) is 17.4 Å². The van der Waals surface area contributed by atoms with Crippen LogP contribution >= 0.6 is 0 Å². The molecule has 134 valence electrons. The summed E-state index contributed by atoms with van der Waals surface area (Å²) in [5.41, 5.74) is 0. The van der Waals surface area contributed by atoms with Gasteiger partial charge in [0.15, 0.2) is 17.4 Å². The number of aryl methyl sites for hydroxylation is 1. The highest BCUT2D eigenvalue weighted by atomic mass is 16.5. The molecule has 1 atom stereocenters. The third-order valence-electron chi connectivity index (χ3n) is 4.48. The normalized spacial score (nSPS) is 16.4. The van der Waals surface area contributed by atoms with Crippen molar-refractivity contribution in [2.24, 2.45) is 0 Å². The fraction of sp³-hybridized carbons (Fsp3) is 0.333. The highest BCUT2D eigenvalue weighted by molar-refractivity contribution is 5.91. The van der Waals surface area contributed by atoms with Gasteiger partial charge in [0.2, 0.25) is 0 Å². The molecule has 4 rings (SSSR count). The predicted molar refractivity (Wildman–Crippen MR) is 91.5 cm³/mol. The SMILES string of the molecule is Cc1ccc(C(=O)N2CCn3c(COc4cccnc4)nnc3[C@@H]2C)o1. The first-order chi connectivity index (χ1) is 12.6. The second kappa shape index (κ2) is 6.62. The molecule has 0 unspecified atom stereocenters. The number of ether oxygens (including phenoxy) is 1. The molecule has 0 radical (unpaired) electrons. The first-order valence-electron chi connectivity index (χ1n) is 8.45. The minimum atomic E-state index is -0.193. The minimum absolute atomic E-state index is 0.131. The monoisotopic (exact) mass is 353 g/mol. The van der Waals surface area contributed by atoms with E-state index in [1.165, 1.54) is 0 Å². The van der Waals surface area contributed by atoms with E-state index in [4.69, 9.17) is 9.15 Å². The van der Waals surface area contributed by atoms with E-state index < -0.39 is 0 Å². The zero-order valence-electron chi connectivity index (χ0n) is 14.6. The minimum Gasteiger partial charge on any atom is -0.484 e. The largest absolute Gasteiger partial charge is 0.484 e. The van der Waals surface area contributed by atoms with Gasteiger partial charge < -0.3 is 18.6 Å². The molecule has 0 bridgehead atoms. The molecule has 1 amide bonds. The average molecular weight is 353 g/mol. The zero-order valence-corrected chi connectivity index (χ0v) is 14.6. The lowest BCUT2D eigenvalue weighted by Crippen LogP contribution is -2.41. The summed E-state index contributed by atoms with van der Waals surface area (Å²) >= 11 is 0. The summed E-state index contributed by atoms with van der Waals surface area (Å²) in [5.74, 6) is 3.10. The summed E-state index contributed by atoms with van der Waals surface area (Å²) in [7, 11) is 0. The van der Waals surface area contributed by atoms with Crippen molar-refractivity contribution in [1.29, 1.82) is 0 Å². The molecule has 0 fully saturated rings. The van der Waals surface area contributed by atoms with Crippen molar-refractivity contribution in [3.63, 3.8) is 0 Å². The van der Waals surface area contributed by atoms with Crippen LogP contribution in [0.3, 0.4) is 0 Å². The summed E-state index contributed by atoms with van der Waals surface area (Å²) in [6.07, 6.45) is 3.35. The van der Waals surface area contributed by atoms with E-state index >= 15 is 0 Å². The van der Waals surface area contributed by atoms with Crippen molar-refractivity contribution in [2.75, 3.05) is 6.54 Å². The van der Waals surface area contributed by atoms with Gasteiger partial charge in [0.1, 0.15) is 18.1 Å². The number of fused-ring (bicyclic) bond motifs is 1. The maximum absolute atomic E-state index is 12.7. The highest BCUT2D eigenvalue weighted by Crippen LogP contribution is 2.26. The van der Waals surface area contributed by atoms with Crippen LogP contribution < -0.4 is 4.74 Å². The number of hydrogen-bond acceptors (Lipinski definition) is 6. The lowest BCUT2D eigenvalue weighted by atomic mass is 10.2. The number of aromatic nitrogens is 4. The topological polar surface area (TPSA) is 86.3 Å². The van der Waals surface area contributed by atoms with Gasteiger partial charge >= 0.3 is 0 Å². The van der Waals surface area contributed by atoms with Crippen molar-refractivity contribution in [2.45, 2.75) is 33.0 Å². The molecule has 1 aliphatic heterocycles. The standard InChI is InChI=1S/C18H19N5O3/c1-12-5-6-15(26-12)18(24)22-8-9-23-16(20-21-17(23)13(22)2)11-25-14-4-3-7-19-10-14/h3-7,10,13H,8-9,11H2,1-2H3/t13-/m0/s1. The maximum Gasteiger partial charge on any atom is 0.290 e. The van der Waals surface area contributed by atoms with Gasteiger partial charge in [-0.1, -0.05) is 0 Å². The molecule has 1 aliphatic rings. The lowest BCUT2D eigenvalue weighted by Gasteiger charge is -2.33. The third-order valence-corrected chi connectivity index (χ3v) is 4.48. The van der Waals surface area contributed by atoms with Gasteiger partial charge in [-0.05, 0) is 38.1 Å². The molecule has 0 saturated carbocycles. The van der Waals surface area contributed by atoms with Crippen molar-refractivity contribution in [3.8, 4) is 5.75 Å². The fourth-order valence-corrected chi connectivity index (χ4v) is 3.10. The van der Waals surface area contributed by atoms with Crippen LogP contribution in [0.15, 0.2) is 41.1 Å². The summed E-state index contributed by atoms with van der Waals surface area (Å²) in [5, 5.41) is 8.51. The van der Waals surface area contributed by atoms with E-state index in [0.29, 0.717) is 31.2 Å². The number of carbonyl (C=O) groups is 1. The Morgan fingerprint density at radius 3 is 2.92 bits per heavy atom. The van der Waals surface area contributed by atoms with Gasteiger partial charge in [0.25, 0.3) is 5.91 Å². The van der Waals surface area contributed by atoms with Crippen LogP contribution in [0.1, 0.15) is 40.9 Å². The first kappa shape index (κ1) is 16.3. The summed E-state index contributed by atoms with van der Waals surface area (Å²) in [4.78, 5) is 18.5. The molecule has 26 heavy (non-hydrogen) atoms. The number of rotatable bonds is 4. The molecule has 0 spiro atoms. The third kappa shape index (κ3) is 2.94. The number of carbonyl (C=O) groups excluding carboxylic acids is 1. The second-order valence-electron chi connectivity index (χ2n) is 6.19. The highest BCUT2D eigenvalue weighted by Gasteiger charge is 2.32. The Morgan fingerprint density at radius 2 is 2.19 bits per heavy atom. The van der Waals surface area contributed by atoms with E-state index in [-0.39, 0.29) is 11.9 Å². The van der Waals surface area contributed by atoms with Crippen molar-refractivity contribution in [1.82, 2.24) is 24.6 Å². The molecule has 0 saturated heterocycles. The van der Waals surface area contributed by atoms with Crippen LogP contribution in [-0.2, 0) is 13.2 Å². The van der Waals surface area contributed by atoms with E-state index in [9.17, 15) is 4.79 Å². The van der Waals surface area contributed by atoms with Crippen LogP contribution in [0.2, 0.25) is 0 Å². The van der Waals surface area contributed by atoms with Gasteiger partial charge in [-0.15, -0.1) is 10.2 Å². The molecule has 3 aromatic heterocycles. The molecule has 8 heteroatoms. The van der Waals surface area contributed by atoms with Crippen LogP contribution in [0.25, 0.3) is 0 Å². The Labute approximate surface area is 150 Å². The molecule has 0 N–H and O–H groups in total. The number of pyridine rings is 1. The molecule has 8 nitrogen and oxygen atoms in total. The second-order valence-corrected chi connectivity index (χ2v) is 6.19. The fourth-order valence-electron chi connectivity index (χ4n) is 3.10. The van der Waals surface area contributed by atoms with E-state index in [1.807, 2.05) is 30.5 Å². The van der Waals surface area contributed by atoms with Crippen LogP contribution in [-0.4, -0.2) is 37.1 Å². The average Bonchev–Trinajstić information content (AvgIpc) is 3.27. The van der Waals surface area contributed by atoms with Crippen molar-refractivity contribution >= 4 is 5.91 Å². The van der Waals surface area contributed by atoms with Gasteiger partial charge in [-0.3, -0.25) is 9.78 Å². The lowest BCUT2D eigenvalue weighted by molar-refractivity contribution is 0.0600. The maximum atomic E-state index is 12.7. The Morgan fingerprint density at radius 1 is 1.31 bits per heavy atom. The van der Waals surface area contributed by atoms with Gasteiger partial charge in [0.05, 0.1) is 12.2 Å². The van der Waals surface area contributed by atoms with E-state index in [1.54, 1.807) is 29.4 Å². The molecule has 4 heterocycles. The Kier molecular flexibility index (Phi) is 4.16. The van der Waals surface area contributed by atoms with Gasteiger partial charge in [-0.25, -0.2) is 0 Å². The smallest absolute Gasteiger partial charge is 0.290 e. The number of hydrogen-bond donors (Lipinski definition) is 0. The molecule has 0 aromatic carbocycles. The molecule has 0 aliphatic carbocycles. The molecular weight excluding hydrogens is 334 g/mol. The molecular formula is C18H19N5O3. The van der Waals surface area contributed by atoms with Gasteiger partial charge in [-0.2, -0.15) is 0 Å². The number of amides is 1. The van der Waals surface area contributed by atoms with Gasteiger partial charge in [0, 0.05) is 19.3 Å². The Hall–Kier alpha value is -3.16. The summed E-state index contributed by atoms with van der Waals surface area (Å²) in [6, 6.07) is 6.96. The predicted octanol–water partition coefficient (Wildman–Crippen LogP) is 2.37. The summed E-state index contributed by atoms with van der Waals surface area (Å²) < 4.78 is 13.2. The van der Waals surface area contributed by atoms with Crippen LogP contribution in [0, 0.1) is 6.92 Å². The van der Waals surface area contributed by atoms with Crippen molar-refractivity contribution < 1.29 is 13.9 Å². The molecule has 3 aromatic rings. The number of nitrogens with zero attached hydrogens (tertiary/aromatic N) is 5. The van der Waals surface area contributed by atoms with Crippen LogP contribution in [0.4, 0.5) is 0 Å².